The lowest BCUT2D eigenvalue weighted by molar-refractivity contribution is -0.141. The second-order valence-corrected chi connectivity index (χ2v) is 11.9. The van der Waals surface area contributed by atoms with Crippen LogP contribution in [0.2, 0.25) is 10.0 Å². The maximum Gasteiger partial charge on any atom is 0.242 e. The Hall–Kier alpha value is -2.49. The molecule has 11 heteroatoms. The summed E-state index contributed by atoms with van der Waals surface area (Å²) < 4.78 is 32.2. The van der Waals surface area contributed by atoms with Gasteiger partial charge in [0.05, 0.1) is 28.6 Å². The van der Waals surface area contributed by atoms with E-state index in [4.69, 9.17) is 27.9 Å². The van der Waals surface area contributed by atoms with Gasteiger partial charge in [-0.1, -0.05) is 61.7 Å². The smallest absolute Gasteiger partial charge is 0.242 e. The van der Waals surface area contributed by atoms with Crippen LogP contribution in [-0.2, 0) is 26.2 Å². The minimum Gasteiger partial charge on any atom is -0.492 e. The molecule has 0 radical (unpaired) electrons. The van der Waals surface area contributed by atoms with Crippen LogP contribution >= 0.6 is 23.2 Å². The van der Waals surface area contributed by atoms with Gasteiger partial charge in [-0.3, -0.25) is 13.9 Å². The number of halogens is 2. The molecule has 2 aromatic carbocycles. The zero-order valence-electron chi connectivity index (χ0n) is 23.1. The van der Waals surface area contributed by atoms with Gasteiger partial charge in [0.2, 0.25) is 21.8 Å². The van der Waals surface area contributed by atoms with Gasteiger partial charge in [0.15, 0.2) is 0 Å². The molecule has 0 saturated heterocycles. The van der Waals surface area contributed by atoms with Crippen LogP contribution in [0.4, 0.5) is 5.69 Å². The number of benzene rings is 2. The molecule has 0 aliphatic heterocycles. The van der Waals surface area contributed by atoms with Crippen molar-refractivity contribution < 1.29 is 22.7 Å². The summed E-state index contributed by atoms with van der Waals surface area (Å²) in [6.45, 7) is 6.88. The topological polar surface area (TPSA) is 96.0 Å². The van der Waals surface area contributed by atoms with E-state index in [2.05, 4.69) is 5.32 Å². The SMILES string of the molecule is CCCCNC(=O)[C@@H](CC)N(Cc1ccc(Cl)c(Cl)c1)C(=O)CCCN(c1ccccc1OCC)S(C)(=O)=O. The summed E-state index contributed by atoms with van der Waals surface area (Å²) in [4.78, 5) is 28.2. The first-order chi connectivity index (χ1) is 18.5. The van der Waals surface area contributed by atoms with E-state index in [9.17, 15) is 18.0 Å². The van der Waals surface area contributed by atoms with Crippen molar-refractivity contribution in [2.24, 2.45) is 0 Å². The molecule has 0 bridgehead atoms. The van der Waals surface area contributed by atoms with Gasteiger partial charge in [0, 0.05) is 26.1 Å². The molecule has 0 spiro atoms. The van der Waals surface area contributed by atoms with Crippen LogP contribution in [0.25, 0.3) is 0 Å². The molecule has 2 amide bonds. The number of hydrogen-bond acceptors (Lipinski definition) is 5. The van der Waals surface area contributed by atoms with Crippen molar-refractivity contribution in [2.45, 2.75) is 65.5 Å². The summed E-state index contributed by atoms with van der Waals surface area (Å²) in [6, 6.07) is 11.3. The van der Waals surface area contributed by atoms with Crippen LogP contribution in [0.3, 0.4) is 0 Å². The largest absolute Gasteiger partial charge is 0.492 e. The number of amides is 2. The Labute approximate surface area is 242 Å². The fourth-order valence-electron chi connectivity index (χ4n) is 4.18. The molecule has 0 aromatic heterocycles. The predicted octanol–water partition coefficient (Wildman–Crippen LogP) is 5.66. The quantitative estimate of drug-likeness (QED) is 0.251. The van der Waals surface area contributed by atoms with Crippen molar-refractivity contribution in [2.75, 3.05) is 30.3 Å². The van der Waals surface area contributed by atoms with Gasteiger partial charge in [-0.15, -0.1) is 0 Å². The number of nitrogens with one attached hydrogen (secondary N) is 1. The molecule has 2 aromatic rings. The van der Waals surface area contributed by atoms with Crippen LogP contribution in [0.5, 0.6) is 5.75 Å². The predicted molar refractivity (Wildman–Crippen MR) is 158 cm³/mol. The summed E-state index contributed by atoms with van der Waals surface area (Å²) in [5.74, 6) is -0.0272. The molecule has 1 atom stereocenters. The van der Waals surface area contributed by atoms with E-state index < -0.39 is 16.1 Å². The molecule has 2 rings (SSSR count). The molecule has 0 saturated carbocycles. The Morgan fingerprint density at radius 3 is 2.36 bits per heavy atom. The highest BCUT2D eigenvalue weighted by atomic mass is 35.5. The molecular formula is C28H39Cl2N3O5S. The van der Waals surface area contributed by atoms with Gasteiger partial charge in [0.25, 0.3) is 0 Å². The molecule has 1 N–H and O–H groups in total. The Balaban J connectivity index is 2.26. The number of ether oxygens (including phenoxy) is 1. The third-order valence-corrected chi connectivity index (χ3v) is 8.06. The molecule has 0 aliphatic rings. The van der Waals surface area contributed by atoms with Gasteiger partial charge in [-0.05, 0) is 56.0 Å². The minimum atomic E-state index is -3.64. The molecule has 0 aliphatic carbocycles. The van der Waals surface area contributed by atoms with E-state index in [0.717, 1.165) is 24.7 Å². The van der Waals surface area contributed by atoms with E-state index in [0.29, 0.717) is 41.1 Å². The summed E-state index contributed by atoms with van der Waals surface area (Å²) in [5.41, 5.74) is 1.16. The highest BCUT2D eigenvalue weighted by molar-refractivity contribution is 7.92. The second-order valence-electron chi connectivity index (χ2n) is 9.18. The third kappa shape index (κ3) is 9.89. The first kappa shape index (κ1) is 32.7. The monoisotopic (exact) mass is 599 g/mol. The summed E-state index contributed by atoms with van der Waals surface area (Å²) in [6.07, 6.45) is 3.62. The Bertz CT molecular complexity index is 1210. The van der Waals surface area contributed by atoms with Crippen LogP contribution in [-0.4, -0.2) is 57.1 Å². The normalized spacial score (nSPS) is 12.1. The molecule has 216 valence electrons. The zero-order chi connectivity index (χ0) is 29.0. The van der Waals surface area contributed by atoms with Crippen molar-refractivity contribution in [3.63, 3.8) is 0 Å². The number of unbranched alkanes of at least 4 members (excludes halogenated alkanes) is 1. The number of sulfonamides is 1. The lowest BCUT2D eigenvalue weighted by atomic mass is 10.1. The molecule has 8 nitrogen and oxygen atoms in total. The van der Waals surface area contributed by atoms with E-state index in [1.54, 1.807) is 47.4 Å². The maximum atomic E-state index is 13.6. The fourth-order valence-corrected chi connectivity index (χ4v) is 5.47. The van der Waals surface area contributed by atoms with Gasteiger partial charge in [0.1, 0.15) is 11.8 Å². The van der Waals surface area contributed by atoms with E-state index in [-0.39, 0.29) is 37.7 Å². The van der Waals surface area contributed by atoms with Crippen molar-refractivity contribution in [1.29, 1.82) is 0 Å². The number of rotatable bonds is 16. The second kappa shape index (κ2) is 15.9. The van der Waals surface area contributed by atoms with Crippen LogP contribution < -0.4 is 14.4 Å². The summed E-state index contributed by atoms with van der Waals surface area (Å²) >= 11 is 12.3. The van der Waals surface area contributed by atoms with Crippen molar-refractivity contribution in [1.82, 2.24) is 10.2 Å². The number of hydrogen-bond donors (Lipinski definition) is 1. The molecular weight excluding hydrogens is 561 g/mol. The lowest BCUT2D eigenvalue weighted by Gasteiger charge is -2.31. The Morgan fingerprint density at radius 2 is 1.74 bits per heavy atom. The number of nitrogens with zero attached hydrogens (tertiary/aromatic N) is 2. The number of carbonyl (C=O) groups excluding carboxylic acids is 2. The van der Waals surface area contributed by atoms with E-state index >= 15 is 0 Å². The summed E-state index contributed by atoms with van der Waals surface area (Å²) in [7, 11) is -3.64. The molecule has 0 heterocycles. The van der Waals surface area contributed by atoms with Crippen LogP contribution in [0.1, 0.15) is 58.4 Å². The highest BCUT2D eigenvalue weighted by Gasteiger charge is 2.29. The first-order valence-corrected chi connectivity index (χ1v) is 15.8. The maximum absolute atomic E-state index is 13.6. The molecule has 0 unspecified atom stereocenters. The van der Waals surface area contributed by atoms with Gasteiger partial charge in [-0.25, -0.2) is 8.42 Å². The van der Waals surface area contributed by atoms with Crippen molar-refractivity contribution in [3.8, 4) is 5.75 Å². The van der Waals surface area contributed by atoms with Crippen molar-refractivity contribution in [3.05, 3.63) is 58.1 Å². The number of carbonyl (C=O) groups is 2. The van der Waals surface area contributed by atoms with E-state index in [1.165, 1.54) is 4.31 Å². The van der Waals surface area contributed by atoms with E-state index in [1.807, 2.05) is 20.8 Å². The lowest BCUT2D eigenvalue weighted by Crippen LogP contribution is -2.49. The minimum absolute atomic E-state index is 0.0445. The average molecular weight is 601 g/mol. The Morgan fingerprint density at radius 1 is 1.03 bits per heavy atom. The summed E-state index contributed by atoms with van der Waals surface area (Å²) in [5, 5.41) is 3.69. The first-order valence-electron chi connectivity index (χ1n) is 13.2. The number of para-hydroxylation sites is 2. The zero-order valence-corrected chi connectivity index (χ0v) is 25.4. The Kier molecular flexibility index (Phi) is 13.4. The van der Waals surface area contributed by atoms with Gasteiger partial charge >= 0.3 is 0 Å². The van der Waals surface area contributed by atoms with Crippen LogP contribution in [0.15, 0.2) is 42.5 Å². The number of anilines is 1. The molecule has 39 heavy (non-hydrogen) atoms. The third-order valence-electron chi connectivity index (χ3n) is 6.14. The van der Waals surface area contributed by atoms with Gasteiger partial charge < -0.3 is 15.0 Å². The highest BCUT2D eigenvalue weighted by Crippen LogP contribution is 2.30. The van der Waals surface area contributed by atoms with Crippen molar-refractivity contribution >= 4 is 50.7 Å². The van der Waals surface area contributed by atoms with Gasteiger partial charge in [-0.2, -0.15) is 0 Å². The molecule has 0 fully saturated rings. The average Bonchev–Trinajstić information content (AvgIpc) is 2.88. The standard InChI is InChI=1S/C28H39Cl2N3O5S/c1-5-8-17-31-28(35)24(6-2)32(20-21-15-16-22(29)23(30)19-21)27(34)14-11-18-33(39(4,36)37)25-12-9-10-13-26(25)38-7-3/h9-10,12-13,15-16,19,24H,5-8,11,14,17-18,20H2,1-4H3,(H,31,35)/t24-/m1/s1. The fraction of sp³-hybridized carbons (Fsp3) is 0.500. The van der Waals surface area contributed by atoms with Crippen LogP contribution in [0, 0.1) is 0 Å².